The van der Waals surface area contributed by atoms with Crippen LogP contribution in [0.5, 0.6) is 0 Å². The fourth-order valence-corrected chi connectivity index (χ4v) is 5.88. The summed E-state index contributed by atoms with van der Waals surface area (Å²) in [4.78, 5) is 32.5. The second-order valence-electron chi connectivity index (χ2n) is 8.68. The number of Topliss-reactive ketones (excluding diaryl/α,β-unsaturated/α-hetero) is 1. The summed E-state index contributed by atoms with van der Waals surface area (Å²) in [6, 6.07) is 7.67. The predicted molar refractivity (Wildman–Crippen MR) is 120 cm³/mol. The van der Waals surface area contributed by atoms with Crippen molar-refractivity contribution in [3.05, 3.63) is 48.2 Å². The lowest BCUT2D eigenvalue weighted by Gasteiger charge is -2.32. The normalized spacial score (nSPS) is 22.8. The van der Waals surface area contributed by atoms with Crippen LogP contribution in [0.15, 0.2) is 48.2 Å². The van der Waals surface area contributed by atoms with Crippen molar-refractivity contribution in [1.29, 1.82) is 0 Å². The number of allylic oxidation sites excluding steroid dienone is 2. The van der Waals surface area contributed by atoms with Gasteiger partial charge in [0.25, 0.3) is 0 Å². The maximum Gasteiger partial charge on any atom is 0.248 e. The van der Waals surface area contributed by atoms with Gasteiger partial charge in [-0.3, -0.25) is 9.59 Å². The molecule has 0 radical (unpaired) electrons. The number of ketones is 1. The topological polar surface area (TPSA) is 62.3 Å². The first-order valence-electron chi connectivity index (χ1n) is 11.0. The van der Waals surface area contributed by atoms with E-state index in [2.05, 4.69) is 21.3 Å². The summed E-state index contributed by atoms with van der Waals surface area (Å²) in [5.41, 5.74) is 1.96. The molecule has 1 N–H and O–H groups in total. The van der Waals surface area contributed by atoms with Crippen molar-refractivity contribution in [2.24, 2.45) is 11.8 Å². The van der Waals surface area contributed by atoms with Crippen molar-refractivity contribution < 1.29 is 9.59 Å². The van der Waals surface area contributed by atoms with Crippen LogP contribution in [0.25, 0.3) is 10.2 Å². The van der Waals surface area contributed by atoms with Crippen molar-refractivity contribution in [2.75, 3.05) is 11.9 Å². The number of aromatic nitrogens is 1. The van der Waals surface area contributed by atoms with Crippen molar-refractivity contribution in [2.45, 2.75) is 51.0 Å². The summed E-state index contributed by atoms with van der Waals surface area (Å²) < 4.78 is 1.07. The molecular weight excluding hydrogens is 394 g/mol. The number of fused-ring (bicyclic) bond motifs is 2. The molecule has 2 heterocycles. The molecule has 30 heavy (non-hydrogen) atoms. The highest BCUT2D eigenvalue weighted by Gasteiger charge is 2.37. The Morgan fingerprint density at radius 3 is 2.87 bits per heavy atom. The molecule has 1 fully saturated rings. The smallest absolute Gasteiger partial charge is 0.248 e. The average molecular weight is 422 g/mol. The molecule has 1 saturated carbocycles. The van der Waals surface area contributed by atoms with Crippen LogP contribution in [0, 0.1) is 11.8 Å². The standard InChI is InChI=1S/C24H27N3O2S/c28-21-11-6-9-17-14-27(15-18(17)21)20(13-16-7-2-1-3-8-16)23(29)26-24-25-19-10-4-5-12-22(19)30-24/h4-6,9-10,12,14,16,18,20H,1-3,7-8,11,13,15H2,(H,25,26,29). The lowest BCUT2D eigenvalue weighted by Crippen LogP contribution is -2.43. The zero-order valence-corrected chi connectivity index (χ0v) is 17.9. The second kappa shape index (κ2) is 8.34. The number of nitrogens with one attached hydrogen (secondary N) is 1. The molecule has 3 aliphatic rings. The SMILES string of the molecule is O=C1CC=CC2=CN(C(CC3CCCCC3)C(=O)Nc3nc4ccccc4s3)CC12. The highest BCUT2D eigenvalue weighted by atomic mass is 32.1. The Balaban J connectivity index is 1.37. The Kier molecular flexibility index (Phi) is 5.42. The molecule has 1 aromatic carbocycles. The van der Waals surface area contributed by atoms with Gasteiger partial charge in [-0.1, -0.05) is 67.7 Å². The van der Waals surface area contributed by atoms with Crippen molar-refractivity contribution in [3.63, 3.8) is 0 Å². The van der Waals surface area contributed by atoms with Crippen LogP contribution in [-0.4, -0.2) is 34.2 Å². The zero-order valence-electron chi connectivity index (χ0n) is 17.0. The monoisotopic (exact) mass is 421 g/mol. The largest absolute Gasteiger partial charge is 0.364 e. The van der Waals surface area contributed by atoms with E-state index in [0.29, 0.717) is 24.0 Å². The van der Waals surface area contributed by atoms with Crippen LogP contribution in [-0.2, 0) is 9.59 Å². The van der Waals surface area contributed by atoms with E-state index in [1.807, 2.05) is 36.5 Å². The molecule has 1 amide bonds. The maximum atomic E-state index is 13.4. The lowest BCUT2D eigenvalue weighted by molar-refractivity contribution is -0.123. The number of hydrogen-bond acceptors (Lipinski definition) is 5. The molecule has 2 unspecified atom stereocenters. The van der Waals surface area contributed by atoms with Gasteiger partial charge >= 0.3 is 0 Å². The second-order valence-corrected chi connectivity index (χ2v) is 9.71. The van der Waals surface area contributed by atoms with Gasteiger partial charge in [0.15, 0.2) is 5.13 Å². The minimum Gasteiger partial charge on any atom is -0.364 e. The van der Waals surface area contributed by atoms with E-state index < -0.39 is 0 Å². The third-order valence-corrected chi connectivity index (χ3v) is 7.59. The number of carbonyl (C=O) groups is 2. The number of anilines is 1. The molecule has 0 bridgehead atoms. The quantitative estimate of drug-likeness (QED) is 0.744. The van der Waals surface area contributed by atoms with Crippen LogP contribution in [0.4, 0.5) is 5.13 Å². The molecule has 2 aromatic rings. The lowest BCUT2D eigenvalue weighted by atomic mass is 9.84. The summed E-state index contributed by atoms with van der Waals surface area (Å²) in [7, 11) is 0. The molecule has 2 aliphatic carbocycles. The van der Waals surface area contributed by atoms with Gasteiger partial charge in [0, 0.05) is 19.2 Å². The number of thiazole rings is 1. The number of amides is 1. The average Bonchev–Trinajstić information content (AvgIpc) is 3.37. The van der Waals surface area contributed by atoms with Crippen molar-refractivity contribution >= 4 is 38.4 Å². The Morgan fingerprint density at radius 2 is 2.07 bits per heavy atom. The van der Waals surface area contributed by atoms with Gasteiger partial charge in [-0.05, 0) is 30.0 Å². The van der Waals surface area contributed by atoms with Crippen LogP contribution >= 0.6 is 11.3 Å². The van der Waals surface area contributed by atoms with Gasteiger partial charge in [0.1, 0.15) is 11.8 Å². The van der Waals surface area contributed by atoms with Gasteiger partial charge in [-0.25, -0.2) is 4.98 Å². The number of hydrogen-bond donors (Lipinski definition) is 1. The maximum absolute atomic E-state index is 13.4. The Bertz CT molecular complexity index is 985. The molecule has 5 nitrogen and oxygen atoms in total. The number of nitrogens with zero attached hydrogens (tertiary/aromatic N) is 2. The third-order valence-electron chi connectivity index (χ3n) is 6.64. The van der Waals surface area contributed by atoms with Gasteiger partial charge in [-0.2, -0.15) is 0 Å². The first-order valence-corrected chi connectivity index (χ1v) is 11.8. The first kappa shape index (κ1) is 19.5. The minimum atomic E-state index is -0.264. The molecule has 6 heteroatoms. The summed E-state index contributed by atoms with van der Waals surface area (Å²) in [6.45, 7) is 0.614. The van der Waals surface area contributed by atoms with Crippen LogP contribution < -0.4 is 5.32 Å². The Morgan fingerprint density at radius 1 is 1.23 bits per heavy atom. The predicted octanol–water partition coefficient (Wildman–Crippen LogP) is 4.92. The first-order chi connectivity index (χ1) is 14.7. The molecule has 0 spiro atoms. The highest BCUT2D eigenvalue weighted by Crippen LogP contribution is 2.34. The van der Waals surface area contributed by atoms with Crippen molar-refractivity contribution in [1.82, 2.24) is 9.88 Å². The van der Waals surface area contributed by atoms with E-state index >= 15 is 0 Å². The molecule has 1 aromatic heterocycles. The van der Waals surface area contributed by atoms with E-state index in [1.165, 1.54) is 43.4 Å². The number of carbonyl (C=O) groups excluding carboxylic acids is 2. The van der Waals surface area contributed by atoms with Crippen LogP contribution in [0.3, 0.4) is 0 Å². The number of rotatable bonds is 5. The van der Waals surface area contributed by atoms with Crippen LogP contribution in [0.1, 0.15) is 44.9 Å². The molecule has 156 valence electrons. The summed E-state index contributed by atoms with van der Waals surface area (Å²) in [5, 5.41) is 3.73. The van der Waals surface area contributed by atoms with Crippen LogP contribution in [0.2, 0.25) is 0 Å². The third kappa shape index (κ3) is 3.93. The van der Waals surface area contributed by atoms with Gasteiger partial charge in [-0.15, -0.1) is 0 Å². The van der Waals surface area contributed by atoms with Crippen molar-refractivity contribution in [3.8, 4) is 0 Å². The summed E-state index contributed by atoms with van der Waals surface area (Å²) >= 11 is 1.51. The highest BCUT2D eigenvalue weighted by molar-refractivity contribution is 7.22. The van der Waals surface area contributed by atoms with Gasteiger partial charge < -0.3 is 10.2 Å². The Hall–Kier alpha value is -2.47. The van der Waals surface area contributed by atoms with E-state index in [9.17, 15) is 9.59 Å². The minimum absolute atomic E-state index is 0.00782. The molecular formula is C24H27N3O2S. The fraction of sp³-hybridized carbons (Fsp3) is 0.458. The van der Waals surface area contributed by atoms with E-state index in [1.54, 1.807) is 0 Å². The van der Waals surface area contributed by atoms with E-state index in [4.69, 9.17) is 0 Å². The van der Waals surface area contributed by atoms with E-state index in [-0.39, 0.29) is 23.7 Å². The van der Waals surface area contributed by atoms with Gasteiger partial charge in [0.2, 0.25) is 5.91 Å². The van der Waals surface area contributed by atoms with Gasteiger partial charge in [0.05, 0.1) is 16.1 Å². The number of para-hydroxylation sites is 1. The fourth-order valence-electron chi connectivity index (χ4n) is 5.01. The Labute approximate surface area is 180 Å². The molecule has 5 rings (SSSR count). The number of benzene rings is 1. The van der Waals surface area contributed by atoms with E-state index in [0.717, 1.165) is 22.2 Å². The molecule has 1 aliphatic heterocycles. The molecule has 0 saturated heterocycles. The zero-order chi connectivity index (χ0) is 20.5. The molecule has 2 atom stereocenters. The summed E-state index contributed by atoms with van der Waals surface area (Å²) in [6.07, 6.45) is 13.6. The summed E-state index contributed by atoms with van der Waals surface area (Å²) in [5.74, 6) is 0.733.